The summed E-state index contributed by atoms with van der Waals surface area (Å²) in [5, 5.41) is 0.745. The summed E-state index contributed by atoms with van der Waals surface area (Å²) in [6.07, 6.45) is 1.90. The van der Waals surface area contributed by atoms with E-state index in [1.807, 2.05) is 25.7 Å². The standard InChI is InChI=1S/C18H24N2O2S/c1-12-6-5-7-14-15(12)19-17(23-14)22-13-8-10-20(11-9-13)16(21)18(2,3)4/h5-7,13H,8-11H2,1-4H3. The number of carbonyl (C=O) groups excluding carboxylic acids is 1. The number of carbonyl (C=O) groups is 1. The van der Waals surface area contributed by atoms with E-state index >= 15 is 0 Å². The first-order valence-electron chi connectivity index (χ1n) is 8.17. The highest BCUT2D eigenvalue weighted by atomic mass is 32.1. The maximum Gasteiger partial charge on any atom is 0.274 e. The van der Waals surface area contributed by atoms with Crippen molar-refractivity contribution in [2.24, 2.45) is 5.41 Å². The molecule has 1 saturated heterocycles. The van der Waals surface area contributed by atoms with Gasteiger partial charge in [-0.05, 0) is 18.6 Å². The monoisotopic (exact) mass is 332 g/mol. The van der Waals surface area contributed by atoms with Crippen LogP contribution in [-0.2, 0) is 4.79 Å². The molecule has 0 radical (unpaired) electrons. The number of ether oxygens (including phenoxy) is 1. The smallest absolute Gasteiger partial charge is 0.274 e. The lowest BCUT2D eigenvalue weighted by molar-refractivity contribution is -0.141. The molecular weight excluding hydrogens is 308 g/mol. The molecule has 23 heavy (non-hydrogen) atoms. The van der Waals surface area contributed by atoms with Gasteiger partial charge in [0.2, 0.25) is 5.91 Å². The maximum atomic E-state index is 12.3. The number of rotatable bonds is 2. The van der Waals surface area contributed by atoms with Gasteiger partial charge in [0.25, 0.3) is 5.19 Å². The number of likely N-dealkylation sites (tertiary alicyclic amines) is 1. The number of thiazole rings is 1. The molecule has 124 valence electrons. The molecule has 0 atom stereocenters. The van der Waals surface area contributed by atoms with Crippen molar-refractivity contribution in [3.05, 3.63) is 23.8 Å². The molecule has 3 rings (SSSR count). The lowest BCUT2D eigenvalue weighted by Crippen LogP contribution is -2.46. The van der Waals surface area contributed by atoms with Crippen LogP contribution in [0.15, 0.2) is 18.2 Å². The van der Waals surface area contributed by atoms with Gasteiger partial charge in [0.05, 0.1) is 10.2 Å². The zero-order valence-electron chi connectivity index (χ0n) is 14.3. The van der Waals surface area contributed by atoms with Crippen molar-refractivity contribution in [1.82, 2.24) is 9.88 Å². The molecule has 0 saturated carbocycles. The third-order valence-electron chi connectivity index (χ3n) is 4.24. The molecule has 2 heterocycles. The molecule has 1 aromatic heterocycles. The van der Waals surface area contributed by atoms with E-state index in [2.05, 4.69) is 30.1 Å². The Labute approximate surface area is 141 Å². The first-order valence-corrected chi connectivity index (χ1v) is 8.98. The van der Waals surface area contributed by atoms with E-state index in [0.29, 0.717) is 0 Å². The minimum absolute atomic E-state index is 0.153. The molecule has 5 heteroatoms. The molecule has 4 nitrogen and oxygen atoms in total. The third kappa shape index (κ3) is 3.50. The number of piperidine rings is 1. The van der Waals surface area contributed by atoms with Crippen molar-refractivity contribution in [1.29, 1.82) is 0 Å². The average Bonchev–Trinajstić information content (AvgIpc) is 2.90. The minimum atomic E-state index is -0.307. The van der Waals surface area contributed by atoms with Crippen molar-refractivity contribution < 1.29 is 9.53 Å². The summed E-state index contributed by atoms with van der Waals surface area (Å²) < 4.78 is 7.25. The third-order valence-corrected chi connectivity index (χ3v) is 5.15. The van der Waals surface area contributed by atoms with Gasteiger partial charge in [-0.2, -0.15) is 0 Å². The fourth-order valence-corrected chi connectivity index (χ4v) is 3.87. The summed E-state index contributed by atoms with van der Waals surface area (Å²) >= 11 is 1.60. The summed E-state index contributed by atoms with van der Waals surface area (Å²) in [5.41, 5.74) is 1.91. The summed E-state index contributed by atoms with van der Waals surface area (Å²) in [7, 11) is 0. The molecule has 0 spiro atoms. The quantitative estimate of drug-likeness (QED) is 0.834. The van der Waals surface area contributed by atoms with Gasteiger partial charge in [0.15, 0.2) is 0 Å². The van der Waals surface area contributed by atoms with Crippen molar-refractivity contribution in [3.63, 3.8) is 0 Å². The normalized spacial score (nSPS) is 16.8. The fourth-order valence-electron chi connectivity index (χ4n) is 2.91. The lowest BCUT2D eigenvalue weighted by atomic mass is 9.93. The maximum absolute atomic E-state index is 12.3. The second-order valence-electron chi connectivity index (χ2n) is 7.26. The molecule has 1 fully saturated rings. The van der Waals surface area contributed by atoms with E-state index in [9.17, 15) is 4.79 Å². The average molecular weight is 332 g/mol. The van der Waals surface area contributed by atoms with Gasteiger partial charge in [0, 0.05) is 31.3 Å². The van der Waals surface area contributed by atoms with Crippen LogP contribution in [0.25, 0.3) is 10.2 Å². The minimum Gasteiger partial charge on any atom is -0.467 e. The molecule has 1 aliphatic rings. The molecule has 0 N–H and O–H groups in total. The van der Waals surface area contributed by atoms with E-state index in [1.54, 1.807) is 11.3 Å². The Balaban J connectivity index is 1.62. The zero-order chi connectivity index (χ0) is 16.6. The zero-order valence-corrected chi connectivity index (χ0v) is 15.1. The highest BCUT2D eigenvalue weighted by Gasteiger charge is 2.31. The lowest BCUT2D eigenvalue weighted by Gasteiger charge is -2.35. The van der Waals surface area contributed by atoms with Gasteiger partial charge in [-0.15, -0.1) is 0 Å². The highest BCUT2D eigenvalue weighted by molar-refractivity contribution is 7.20. The van der Waals surface area contributed by atoms with E-state index in [-0.39, 0.29) is 17.4 Å². The highest BCUT2D eigenvalue weighted by Crippen LogP contribution is 2.31. The van der Waals surface area contributed by atoms with Crippen LogP contribution < -0.4 is 4.74 Å². The first-order chi connectivity index (χ1) is 10.8. The van der Waals surface area contributed by atoms with Gasteiger partial charge < -0.3 is 9.64 Å². The molecule has 0 unspecified atom stereocenters. The van der Waals surface area contributed by atoms with Gasteiger partial charge in [0.1, 0.15) is 6.10 Å². The van der Waals surface area contributed by atoms with Crippen LogP contribution in [0.2, 0.25) is 0 Å². The molecule has 1 aliphatic heterocycles. The second-order valence-corrected chi connectivity index (χ2v) is 8.25. The van der Waals surface area contributed by atoms with Gasteiger partial charge >= 0.3 is 0 Å². The van der Waals surface area contributed by atoms with E-state index < -0.39 is 0 Å². The van der Waals surface area contributed by atoms with E-state index in [4.69, 9.17) is 4.74 Å². The van der Waals surface area contributed by atoms with Crippen molar-refractivity contribution >= 4 is 27.5 Å². The van der Waals surface area contributed by atoms with Crippen LogP contribution in [0.1, 0.15) is 39.2 Å². The number of fused-ring (bicyclic) bond motifs is 1. The summed E-state index contributed by atoms with van der Waals surface area (Å²) in [5.74, 6) is 0.228. The molecule has 1 amide bonds. The van der Waals surface area contributed by atoms with Gasteiger partial charge in [-0.1, -0.05) is 44.2 Å². The van der Waals surface area contributed by atoms with Crippen molar-refractivity contribution in [2.45, 2.75) is 46.6 Å². The summed E-state index contributed by atoms with van der Waals surface area (Å²) in [6, 6.07) is 6.20. The number of aryl methyl sites for hydroxylation is 1. The predicted molar refractivity (Wildman–Crippen MR) is 94.0 cm³/mol. The Morgan fingerprint density at radius 2 is 2.00 bits per heavy atom. The molecule has 1 aromatic carbocycles. The van der Waals surface area contributed by atoms with Gasteiger partial charge in [-0.25, -0.2) is 4.98 Å². The topological polar surface area (TPSA) is 42.4 Å². The Morgan fingerprint density at radius 3 is 2.61 bits per heavy atom. The molecule has 0 bridgehead atoms. The van der Waals surface area contributed by atoms with Crippen LogP contribution >= 0.6 is 11.3 Å². The van der Waals surface area contributed by atoms with Crippen LogP contribution in [0, 0.1) is 12.3 Å². The van der Waals surface area contributed by atoms with Crippen LogP contribution in [-0.4, -0.2) is 35.0 Å². The predicted octanol–water partition coefficient (Wildman–Crippen LogP) is 4.02. The Kier molecular flexibility index (Phi) is 4.32. The number of hydrogen-bond donors (Lipinski definition) is 0. The number of amides is 1. The van der Waals surface area contributed by atoms with Crippen LogP contribution in [0.5, 0.6) is 5.19 Å². The van der Waals surface area contributed by atoms with Crippen LogP contribution in [0.3, 0.4) is 0 Å². The molecule has 0 aliphatic carbocycles. The van der Waals surface area contributed by atoms with Crippen molar-refractivity contribution in [3.8, 4) is 5.19 Å². The second kappa shape index (κ2) is 6.11. The van der Waals surface area contributed by atoms with Gasteiger partial charge in [-0.3, -0.25) is 4.79 Å². The number of aromatic nitrogens is 1. The number of para-hydroxylation sites is 1. The Bertz CT molecular complexity index is 709. The summed E-state index contributed by atoms with van der Waals surface area (Å²) in [4.78, 5) is 18.9. The first kappa shape index (κ1) is 16.2. The number of benzene rings is 1. The number of hydrogen-bond acceptors (Lipinski definition) is 4. The molecule has 2 aromatic rings. The number of nitrogens with zero attached hydrogens (tertiary/aromatic N) is 2. The van der Waals surface area contributed by atoms with Crippen molar-refractivity contribution in [2.75, 3.05) is 13.1 Å². The van der Waals surface area contributed by atoms with E-state index in [0.717, 1.165) is 36.6 Å². The van der Waals surface area contributed by atoms with E-state index in [1.165, 1.54) is 10.3 Å². The largest absolute Gasteiger partial charge is 0.467 e. The molecular formula is C18H24N2O2S. The van der Waals surface area contributed by atoms with Crippen LogP contribution in [0.4, 0.5) is 0 Å². The Hall–Kier alpha value is -1.62. The Morgan fingerprint density at radius 1 is 1.30 bits per heavy atom. The SMILES string of the molecule is Cc1cccc2sc(OC3CCN(C(=O)C(C)(C)C)CC3)nc12. The summed E-state index contributed by atoms with van der Waals surface area (Å²) in [6.45, 7) is 9.53. The fraction of sp³-hybridized carbons (Fsp3) is 0.556.